The molecule has 4 nitrogen and oxygen atoms in total. The van der Waals surface area contributed by atoms with Gasteiger partial charge in [0.05, 0.1) is 5.92 Å². The predicted molar refractivity (Wildman–Crippen MR) is 74.9 cm³/mol. The van der Waals surface area contributed by atoms with Crippen LogP contribution in [0.5, 0.6) is 0 Å². The van der Waals surface area contributed by atoms with Crippen LogP contribution in [0.25, 0.3) is 0 Å². The molecule has 0 heterocycles. The second kappa shape index (κ2) is 6.15. The average molecular weight is 279 g/mol. The van der Waals surface area contributed by atoms with Crippen LogP contribution in [0.2, 0.25) is 0 Å². The van der Waals surface area contributed by atoms with Crippen LogP contribution in [0, 0.1) is 17.8 Å². The van der Waals surface area contributed by atoms with Crippen molar-refractivity contribution in [3.8, 4) is 0 Å². The van der Waals surface area contributed by atoms with Gasteiger partial charge < -0.3 is 10.1 Å². The largest absolute Gasteiger partial charge is 0.455 e. The number of nitrogens with one attached hydrogen (secondary N) is 1. The average Bonchev–Trinajstić information content (AvgIpc) is 3.36. The van der Waals surface area contributed by atoms with E-state index in [4.69, 9.17) is 4.74 Å². The summed E-state index contributed by atoms with van der Waals surface area (Å²) in [6.45, 7) is -0.0920. The minimum atomic E-state index is -0.172. The van der Waals surface area contributed by atoms with Crippen LogP contribution >= 0.6 is 0 Å². The molecule has 0 aromatic heterocycles. The minimum Gasteiger partial charge on any atom is -0.455 e. The van der Waals surface area contributed by atoms with Crippen molar-refractivity contribution >= 4 is 11.9 Å². The molecule has 0 bridgehead atoms. The fourth-order valence-electron chi connectivity index (χ4n) is 3.35. The first kappa shape index (κ1) is 13.9. The van der Waals surface area contributed by atoms with Crippen molar-refractivity contribution in [3.63, 3.8) is 0 Å². The van der Waals surface area contributed by atoms with Crippen molar-refractivity contribution in [2.75, 3.05) is 6.61 Å². The van der Waals surface area contributed by atoms with E-state index in [1.165, 1.54) is 32.1 Å². The third kappa shape index (κ3) is 3.74. The van der Waals surface area contributed by atoms with Crippen LogP contribution in [0.4, 0.5) is 0 Å². The molecule has 0 aromatic carbocycles. The Kier molecular flexibility index (Phi) is 4.27. The van der Waals surface area contributed by atoms with Gasteiger partial charge in [-0.25, -0.2) is 0 Å². The van der Waals surface area contributed by atoms with E-state index in [0.29, 0.717) is 17.9 Å². The molecule has 112 valence electrons. The fraction of sp³-hybridized carbons (Fsp3) is 0.875. The lowest BCUT2D eigenvalue weighted by Gasteiger charge is -2.21. The highest BCUT2D eigenvalue weighted by Gasteiger charge is 2.42. The zero-order valence-electron chi connectivity index (χ0n) is 12.1. The second-order valence-electron chi connectivity index (χ2n) is 6.71. The molecule has 0 unspecified atom stereocenters. The number of carbonyl (C=O) groups excluding carboxylic acids is 2. The van der Waals surface area contributed by atoms with E-state index in [9.17, 15) is 9.59 Å². The third-order valence-corrected chi connectivity index (χ3v) is 4.87. The van der Waals surface area contributed by atoms with E-state index in [1.807, 2.05) is 0 Å². The van der Waals surface area contributed by atoms with E-state index in [0.717, 1.165) is 25.7 Å². The van der Waals surface area contributed by atoms with Gasteiger partial charge in [-0.15, -0.1) is 0 Å². The highest BCUT2D eigenvalue weighted by molar-refractivity contribution is 5.81. The van der Waals surface area contributed by atoms with Crippen LogP contribution in [0.1, 0.15) is 57.8 Å². The quantitative estimate of drug-likeness (QED) is 0.760. The highest BCUT2D eigenvalue weighted by Crippen LogP contribution is 2.44. The maximum atomic E-state index is 11.9. The smallest absolute Gasteiger partial charge is 0.309 e. The Morgan fingerprint density at radius 1 is 0.950 bits per heavy atom. The number of hydrogen-bond acceptors (Lipinski definition) is 3. The highest BCUT2D eigenvalue weighted by atomic mass is 16.5. The molecule has 0 atom stereocenters. The van der Waals surface area contributed by atoms with Crippen LogP contribution in [0.15, 0.2) is 0 Å². The van der Waals surface area contributed by atoms with Crippen molar-refractivity contribution in [3.05, 3.63) is 0 Å². The second-order valence-corrected chi connectivity index (χ2v) is 6.71. The Hall–Kier alpha value is -1.06. The molecule has 3 saturated carbocycles. The summed E-state index contributed by atoms with van der Waals surface area (Å²) < 4.78 is 5.19. The summed E-state index contributed by atoms with van der Waals surface area (Å²) in [6, 6.07) is 0.343. The molecule has 0 spiro atoms. The monoisotopic (exact) mass is 279 g/mol. The van der Waals surface area contributed by atoms with E-state index >= 15 is 0 Å². The Morgan fingerprint density at radius 3 is 2.10 bits per heavy atom. The number of amides is 1. The molecule has 3 aliphatic rings. The molecule has 1 N–H and O–H groups in total. The maximum Gasteiger partial charge on any atom is 0.309 e. The maximum absolute atomic E-state index is 11.9. The summed E-state index contributed by atoms with van der Waals surface area (Å²) in [5, 5.41) is 3.08. The number of ether oxygens (including phenoxy) is 1. The Balaban J connectivity index is 1.38. The topological polar surface area (TPSA) is 55.4 Å². The molecule has 1 amide bonds. The molecule has 0 aliphatic heterocycles. The minimum absolute atomic E-state index is 0.0270. The lowest BCUT2D eigenvalue weighted by molar-refractivity contribution is -0.153. The van der Waals surface area contributed by atoms with Gasteiger partial charge in [0.25, 0.3) is 5.91 Å². The first-order chi connectivity index (χ1) is 9.74. The lowest BCUT2D eigenvalue weighted by atomic mass is 9.89. The zero-order valence-corrected chi connectivity index (χ0v) is 12.1. The Bertz CT molecular complexity index is 356. The summed E-state index contributed by atoms with van der Waals surface area (Å²) in [5.41, 5.74) is 0. The number of hydrogen-bond donors (Lipinski definition) is 1. The van der Waals surface area contributed by atoms with Crippen molar-refractivity contribution in [2.24, 2.45) is 17.8 Å². The SMILES string of the molecule is O=C(COC(=O)C1CCCCC1)NC(C1CC1)C1CC1. The predicted octanol–water partition coefficient (Wildman–Crippen LogP) is 2.41. The molecular weight excluding hydrogens is 254 g/mol. The number of esters is 1. The van der Waals surface area contributed by atoms with E-state index in [1.54, 1.807) is 0 Å². The van der Waals surface area contributed by atoms with Gasteiger partial charge >= 0.3 is 5.97 Å². The van der Waals surface area contributed by atoms with Crippen LogP contribution < -0.4 is 5.32 Å². The molecule has 0 saturated heterocycles. The lowest BCUT2D eigenvalue weighted by Crippen LogP contribution is -2.40. The van der Waals surface area contributed by atoms with Gasteiger partial charge in [-0.05, 0) is 50.4 Å². The first-order valence-electron chi connectivity index (χ1n) is 8.20. The molecule has 3 rings (SSSR count). The van der Waals surface area contributed by atoms with Crippen molar-refractivity contribution in [1.29, 1.82) is 0 Å². The summed E-state index contributed by atoms with van der Waals surface area (Å²) in [5.74, 6) is 1.10. The van der Waals surface area contributed by atoms with Crippen molar-refractivity contribution in [1.82, 2.24) is 5.32 Å². The molecule has 20 heavy (non-hydrogen) atoms. The number of rotatable bonds is 6. The van der Waals surface area contributed by atoms with Gasteiger partial charge in [0.1, 0.15) is 0 Å². The molecule has 3 fully saturated rings. The zero-order chi connectivity index (χ0) is 13.9. The summed E-state index contributed by atoms with van der Waals surface area (Å²) in [7, 11) is 0. The Labute approximate surface area is 120 Å². The fourth-order valence-corrected chi connectivity index (χ4v) is 3.35. The van der Waals surface area contributed by atoms with Gasteiger partial charge in [-0.1, -0.05) is 19.3 Å². The van der Waals surface area contributed by atoms with E-state index in [2.05, 4.69) is 5.32 Å². The third-order valence-electron chi connectivity index (χ3n) is 4.87. The van der Waals surface area contributed by atoms with Crippen molar-refractivity contribution < 1.29 is 14.3 Å². The van der Waals surface area contributed by atoms with Gasteiger partial charge in [-0.3, -0.25) is 9.59 Å². The van der Waals surface area contributed by atoms with Gasteiger partial charge in [0.15, 0.2) is 6.61 Å². The van der Waals surface area contributed by atoms with E-state index in [-0.39, 0.29) is 24.4 Å². The molecule has 0 aromatic rings. The normalized spacial score (nSPS) is 23.6. The molecular formula is C16H25NO3. The van der Waals surface area contributed by atoms with Crippen molar-refractivity contribution in [2.45, 2.75) is 63.8 Å². The van der Waals surface area contributed by atoms with Gasteiger partial charge in [-0.2, -0.15) is 0 Å². The van der Waals surface area contributed by atoms with E-state index < -0.39 is 0 Å². The van der Waals surface area contributed by atoms with Crippen LogP contribution in [-0.2, 0) is 14.3 Å². The van der Waals surface area contributed by atoms with Gasteiger partial charge in [0, 0.05) is 6.04 Å². The summed E-state index contributed by atoms with van der Waals surface area (Å²) in [4.78, 5) is 23.8. The molecule has 4 heteroatoms. The first-order valence-corrected chi connectivity index (χ1v) is 8.20. The molecule has 0 radical (unpaired) electrons. The molecule has 3 aliphatic carbocycles. The van der Waals surface area contributed by atoms with Crippen LogP contribution in [0.3, 0.4) is 0 Å². The standard InChI is InChI=1S/C16H25NO3/c18-14(17-15(11-6-7-11)12-8-9-12)10-20-16(19)13-4-2-1-3-5-13/h11-13,15H,1-10H2,(H,17,18). The van der Waals surface area contributed by atoms with Gasteiger partial charge in [0.2, 0.25) is 0 Å². The summed E-state index contributed by atoms with van der Waals surface area (Å²) in [6.07, 6.45) is 10.2. The summed E-state index contributed by atoms with van der Waals surface area (Å²) >= 11 is 0. The Morgan fingerprint density at radius 2 is 1.55 bits per heavy atom. The number of carbonyl (C=O) groups is 2. The van der Waals surface area contributed by atoms with Crippen LogP contribution in [-0.4, -0.2) is 24.5 Å².